The van der Waals surface area contributed by atoms with Crippen LogP contribution in [0.2, 0.25) is 15.1 Å². The number of halogens is 4. The molecule has 19 heavy (non-hydrogen) atoms. The average molecular weight is 320 g/mol. The highest BCUT2D eigenvalue weighted by molar-refractivity contribution is 6.33. The molecule has 0 spiro atoms. The van der Waals surface area contributed by atoms with E-state index in [0.29, 0.717) is 15.6 Å². The second-order valence-corrected chi connectivity index (χ2v) is 5.34. The molecule has 1 unspecified atom stereocenters. The first-order valence-corrected chi connectivity index (χ1v) is 6.68. The van der Waals surface area contributed by atoms with Gasteiger partial charge in [-0.3, -0.25) is 0 Å². The van der Waals surface area contributed by atoms with Crippen molar-refractivity contribution in [3.8, 4) is 0 Å². The molecule has 2 aromatic rings. The molecule has 1 N–H and O–H groups in total. The number of aliphatic hydroxyl groups excluding tert-OH is 1. The van der Waals surface area contributed by atoms with Crippen molar-refractivity contribution < 1.29 is 9.50 Å². The summed E-state index contributed by atoms with van der Waals surface area (Å²) in [6, 6.07) is 9.16. The van der Waals surface area contributed by atoms with Crippen LogP contribution in [-0.4, -0.2) is 5.11 Å². The van der Waals surface area contributed by atoms with E-state index in [1.54, 1.807) is 24.3 Å². The van der Waals surface area contributed by atoms with Gasteiger partial charge < -0.3 is 5.11 Å². The summed E-state index contributed by atoms with van der Waals surface area (Å²) >= 11 is 17.8. The van der Waals surface area contributed by atoms with Crippen LogP contribution in [0, 0.1) is 5.82 Å². The number of benzene rings is 2. The minimum Gasteiger partial charge on any atom is -0.388 e. The Kier molecular flexibility index (Phi) is 4.69. The molecule has 2 rings (SSSR count). The van der Waals surface area contributed by atoms with Crippen LogP contribution < -0.4 is 0 Å². The van der Waals surface area contributed by atoms with Gasteiger partial charge in [0.1, 0.15) is 5.82 Å². The molecule has 0 saturated carbocycles. The molecule has 0 aliphatic carbocycles. The van der Waals surface area contributed by atoms with Crippen LogP contribution in [0.3, 0.4) is 0 Å². The third kappa shape index (κ3) is 3.40. The SMILES string of the molecule is OC(Cc1c(F)cccc1Cl)c1cc(Cl)ccc1Cl. The first kappa shape index (κ1) is 14.6. The van der Waals surface area contributed by atoms with E-state index in [9.17, 15) is 9.50 Å². The van der Waals surface area contributed by atoms with Gasteiger partial charge in [0.05, 0.1) is 6.10 Å². The summed E-state index contributed by atoms with van der Waals surface area (Å²) in [7, 11) is 0. The number of hydrogen-bond donors (Lipinski definition) is 1. The van der Waals surface area contributed by atoms with Crippen LogP contribution in [-0.2, 0) is 6.42 Å². The zero-order valence-corrected chi connectivity index (χ0v) is 12.0. The number of hydrogen-bond acceptors (Lipinski definition) is 1. The van der Waals surface area contributed by atoms with Gasteiger partial charge in [0.15, 0.2) is 0 Å². The Hall–Kier alpha value is -0.800. The fourth-order valence-corrected chi connectivity index (χ4v) is 2.46. The molecule has 0 radical (unpaired) electrons. The largest absolute Gasteiger partial charge is 0.388 e. The van der Waals surface area contributed by atoms with Crippen LogP contribution in [0.25, 0.3) is 0 Å². The third-order valence-corrected chi connectivity index (χ3v) is 3.71. The van der Waals surface area contributed by atoms with Crippen LogP contribution in [0.5, 0.6) is 0 Å². The standard InChI is InChI=1S/C14H10Cl3FO/c15-8-4-5-12(17)10(6-8)14(19)7-9-11(16)2-1-3-13(9)18/h1-6,14,19H,7H2. The minimum absolute atomic E-state index is 0.0333. The molecule has 0 aromatic heterocycles. The Morgan fingerprint density at radius 3 is 2.47 bits per heavy atom. The lowest BCUT2D eigenvalue weighted by Gasteiger charge is -2.14. The molecule has 0 aliphatic heterocycles. The summed E-state index contributed by atoms with van der Waals surface area (Å²) in [6.45, 7) is 0. The molecular formula is C14H10Cl3FO. The van der Waals surface area contributed by atoms with Crippen molar-refractivity contribution in [1.82, 2.24) is 0 Å². The Bertz CT molecular complexity index is 581. The minimum atomic E-state index is -0.972. The summed E-state index contributed by atoms with van der Waals surface area (Å²) < 4.78 is 13.7. The Labute approximate surface area is 125 Å². The van der Waals surface area contributed by atoms with Gasteiger partial charge >= 0.3 is 0 Å². The topological polar surface area (TPSA) is 20.2 Å². The van der Waals surface area contributed by atoms with Crippen molar-refractivity contribution in [3.63, 3.8) is 0 Å². The smallest absolute Gasteiger partial charge is 0.127 e. The lowest BCUT2D eigenvalue weighted by atomic mass is 10.0. The van der Waals surface area contributed by atoms with Crippen molar-refractivity contribution in [2.75, 3.05) is 0 Å². The molecule has 1 atom stereocenters. The van der Waals surface area contributed by atoms with Crippen LogP contribution >= 0.6 is 34.8 Å². The Morgan fingerprint density at radius 1 is 1.05 bits per heavy atom. The molecule has 5 heteroatoms. The van der Waals surface area contributed by atoms with Crippen molar-refractivity contribution in [3.05, 3.63) is 68.4 Å². The van der Waals surface area contributed by atoms with Crippen molar-refractivity contribution in [1.29, 1.82) is 0 Å². The lowest BCUT2D eigenvalue weighted by molar-refractivity contribution is 0.177. The van der Waals surface area contributed by atoms with Crippen LogP contribution in [0.15, 0.2) is 36.4 Å². The normalized spacial score (nSPS) is 12.5. The predicted molar refractivity (Wildman–Crippen MR) is 76.5 cm³/mol. The summed E-state index contributed by atoms with van der Waals surface area (Å²) in [6.07, 6.45) is -0.938. The first-order chi connectivity index (χ1) is 8.99. The zero-order chi connectivity index (χ0) is 14.0. The van der Waals surface area contributed by atoms with E-state index in [4.69, 9.17) is 34.8 Å². The van der Waals surface area contributed by atoms with E-state index in [2.05, 4.69) is 0 Å². The molecule has 0 heterocycles. The van der Waals surface area contributed by atoms with Crippen LogP contribution in [0.1, 0.15) is 17.2 Å². The molecule has 0 bridgehead atoms. The summed E-state index contributed by atoms with van der Waals surface area (Å²) in [4.78, 5) is 0. The van der Waals surface area contributed by atoms with Gasteiger partial charge in [0.25, 0.3) is 0 Å². The van der Waals surface area contributed by atoms with E-state index in [0.717, 1.165) is 0 Å². The van der Waals surface area contributed by atoms with Gasteiger partial charge in [-0.2, -0.15) is 0 Å². The van der Waals surface area contributed by atoms with E-state index >= 15 is 0 Å². The molecule has 1 nitrogen and oxygen atoms in total. The number of rotatable bonds is 3. The summed E-state index contributed by atoms with van der Waals surface area (Å²) in [5, 5.41) is 11.3. The average Bonchev–Trinajstić information content (AvgIpc) is 2.37. The molecular weight excluding hydrogens is 310 g/mol. The van der Waals surface area contributed by atoms with Gasteiger partial charge in [-0.1, -0.05) is 40.9 Å². The lowest BCUT2D eigenvalue weighted by Crippen LogP contribution is -2.05. The van der Waals surface area contributed by atoms with E-state index < -0.39 is 11.9 Å². The molecule has 0 amide bonds. The molecule has 0 saturated heterocycles. The number of aliphatic hydroxyl groups is 1. The molecule has 100 valence electrons. The van der Waals surface area contributed by atoms with E-state index in [1.165, 1.54) is 12.1 Å². The van der Waals surface area contributed by atoms with Crippen molar-refractivity contribution >= 4 is 34.8 Å². The van der Waals surface area contributed by atoms with Gasteiger partial charge in [-0.15, -0.1) is 0 Å². The fraction of sp³-hybridized carbons (Fsp3) is 0.143. The maximum atomic E-state index is 13.7. The quantitative estimate of drug-likeness (QED) is 0.838. The summed E-state index contributed by atoms with van der Waals surface area (Å²) in [5.74, 6) is -0.454. The maximum Gasteiger partial charge on any atom is 0.127 e. The Balaban J connectivity index is 2.31. The second kappa shape index (κ2) is 6.10. The fourth-order valence-electron chi connectivity index (χ4n) is 1.80. The van der Waals surface area contributed by atoms with Gasteiger partial charge in [-0.05, 0) is 30.3 Å². The van der Waals surface area contributed by atoms with Crippen molar-refractivity contribution in [2.24, 2.45) is 0 Å². The maximum absolute atomic E-state index is 13.7. The first-order valence-electron chi connectivity index (χ1n) is 5.55. The van der Waals surface area contributed by atoms with Gasteiger partial charge in [-0.25, -0.2) is 4.39 Å². The predicted octanol–water partition coefficient (Wildman–Crippen LogP) is 5.06. The van der Waals surface area contributed by atoms with Gasteiger partial charge in [0, 0.05) is 32.6 Å². The highest BCUT2D eigenvalue weighted by Crippen LogP contribution is 2.31. The third-order valence-electron chi connectivity index (χ3n) is 2.78. The Morgan fingerprint density at radius 2 is 1.79 bits per heavy atom. The summed E-state index contributed by atoms with van der Waals surface area (Å²) in [5.41, 5.74) is 0.709. The molecule has 0 fully saturated rings. The second-order valence-electron chi connectivity index (χ2n) is 4.09. The monoisotopic (exact) mass is 318 g/mol. The molecule has 2 aromatic carbocycles. The highest BCUT2D eigenvalue weighted by atomic mass is 35.5. The van der Waals surface area contributed by atoms with Gasteiger partial charge in [0.2, 0.25) is 0 Å². The zero-order valence-electron chi connectivity index (χ0n) is 9.71. The van der Waals surface area contributed by atoms with E-state index in [1.807, 2.05) is 0 Å². The highest BCUT2D eigenvalue weighted by Gasteiger charge is 2.17. The van der Waals surface area contributed by atoms with Crippen LogP contribution in [0.4, 0.5) is 4.39 Å². The molecule has 0 aliphatic rings. The van der Waals surface area contributed by atoms with Crippen molar-refractivity contribution in [2.45, 2.75) is 12.5 Å². The van der Waals surface area contributed by atoms with E-state index in [-0.39, 0.29) is 17.0 Å².